The summed E-state index contributed by atoms with van der Waals surface area (Å²) in [6.07, 6.45) is 1.54. The van der Waals surface area contributed by atoms with Crippen molar-refractivity contribution in [3.63, 3.8) is 0 Å². The highest BCUT2D eigenvalue weighted by atomic mass is 19.1. The van der Waals surface area contributed by atoms with Crippen molar-refractivity contribution in [2.45, 2.75) is 6.10 Å². The van der Waals surface area contributed by atoms with E-state index in [9.17, 15) is 9.18 Å². The molecule has 0 bridgehead atoms. The summed E-state index contributed by atoms with van der Waals surface area (Å²) >= 11 is 0. The number of amides is 1. The number of fused-ring (bicyclic) bond motifs is 1. The molecule has 2 heterocycles. The molecule has 1 aliphatic heterocycles. The summed E-state index contributed by atoms with van der Waals surface area (Å²) < 4.78 is 21.0. The summed E-state index contributed by atoms with van der Waals surface area (Å²) in [5.41, 5.74) is 4.40. The monoisotopic (exact) mass is 401 g/mol. The van der Waals surface area contributed by atoms with Crippen LogP contribution in [0.15, 0.2) is 79.1 Å². The van der Waals surface area contributed by atoms with E-state index in [0.29, 0.717) is 25.3 Å². The van der Waals surface area contributed by atoms with E-state index in [1.807, 2.05) is 53.1 Å². The molecule has 5 rings (SSSR count). The van der Waals surface area contributed by atoms with Gasteiger partial charge in [0.15, 0.2) is 0 Å². The van der Waals surface area contributed by atoms with Gasteiger partial charge in [-0.2, -0.15) is 0 Å². The van der Waals surface area contributed by atoms with Crippen molar-refractivity contribution in [3.05, 3.63) is 96.1 Å². The summed E-state index contributed by atoms with van der Waals surface area (Å²) in [7, 11) is 0. The zero-order valence-electron chi connectivity index (χ0n) is 16.2. The van der Waals surface area contributed by atoms with E-state index in [1.165, 1.54) is 12.1 Å². The van der Waals surface area contributed by atoms with E-state index in [-0.39, 0.29) is 17.8 Å². The highest BCUT2D eigenvalue weighted by molar-refractivity contribution is 5.94. The average Bonchev–Trinajstić information content (AvgIpc) is 3.23. The van der Waals surface area contributed by atoms with Crippen molar-refractivity contribution >= 4 is 16.9 Å². The fraction of sp³-hybridized carbons (Fsp3) is 0.167. The molecule has 5 nitrogen and oxygen atoms in total. The number of morpholine rings is 1. The molecule has 1 atom stereocenters. The summed E-state index contributed by atoms with van der Waals surface area (Å²) in [6.45, 7) is 1.43. The maximum atomic E-state index is 13.2. The lowest BCUT2D eigenvalue weighted by Gasteiger charge is -2.33. The van der Waals surface area contributed by atoms with Gasteiger partial charge in [0.05, 0.1) is 24.2 Å². The highest BCUT2D eigenvalue weighted by Gasteiger charge is 2.26. The normalized spacial score (nSPS) is 16.7. The van der Waals surface area contributed by atoms with Crippen LogP contribution in [-0.2, 0) is 4.74 Å². The number of hydrogen-bond acceptors (Lipinski definition) is 3. The number of nitrogens with zero attached hydrogens (tertiary/aromatic N) is 3. The van der Waals surface area contributed by atoms with Crippen LogP contribution in [0.25, 0.3) is 16.7 Å². The molecule has 1 unspecified atom stereocenters. The molecule has 1 saturated heterocycles. The van der Waals surface area contributed by atoms with Crippen molar-refractivity contribution in [2.75, 3.05) is 19.7 Å². The predicted octanol–water partition coefficient (Wildman–Crippen LogP) is 4.38. The van der Waals surface area contributed by atoms with Gasteiger partial charge in [0.2, 0.25) is 0 Å². The van der Waals surface area contributed by atoms with E-state index in [0.717, 1.165) is 22.3 Å². The van der Waals surface area contributed by atoms with Crippen molar-refractivity contribution in [1.82, 2.24) is 14.5 Å². The van der Waals surface area contributed by atoms with Gasteiger partial charge in [-0.15, -0.1) is 0 Å². The molecule has 1 amide bonds. The number of hydrogen-bond donors (Lipinski definition) is 0. The van der Waals surface area contributed by atoms with Gasteiger partial charge in [-0.25, -0.2) is 9.37 Å². The number of halogens is 1. The highest BCUT2D eigenvalue weighted by Crippen LogP contribution is 2.24. The van der Waals surface area contributed by atoms with Crippen molar-refractivity contribution in [2.24, 2.45) is 0 Å². The third-order valence-corrected chi connectivity index (χ3v) is 5.44. The molecule has 0 radical (unpaired) electrons. The summed E-state index contributed by atoms with van der Waals surface area (Å²) in [5, 5.41) is 0. The third-order valence-electron chi connectivity index (χ3n) is 5.44. The molecule has 150 valence electrons. The van der Waals surface area contributed by atoms with E-state index < -0.39 is 0 Å². The molecule has 0 N–H and O–H groups in total. The number of carbonyl (C=O) groups is 1. The standard InChI is InChI=1S/C24H20FN3O2/c25-19-9-5-17(6-10-19)23-15-27(13-14-30-23)24(29)18-7-11-20(12-8-18)28-16-26-21-3-1-2-4-22(21)28/h1-12,16,23H,13-15H2. The lowest BCUT2D eigenvalue weighted by molar-refractivity contribution is -0.0228. The Morgan fingerprint density at radius 1 is 1.00 bits per heavy atom. The number of rotatable bonds is 3. The minimum atomic E-state index is -0.284. The zero-order chi connectivity index (χ0) is 20.5. The maximum absolute atomic E-state index is 13.2. The predicted molar refractivity (Wildman–Crippen MR) is 112 cm³/mol. The molecule has 4 aromatic rings. The third kappa shape index (κ3) is 3.46. The minimum absolute atomic E-state index is 0.0348. The number of benzene rings is 3. The number of aromatic nitrogens is 2. The molecule has 3 aromatic carbocycles. The molecule has 0 spiro atoms. The molecule has 1 aliphatic rings. The topological polar surface area (TPSA) is 47.4 Å². The Kier molecular flexibility index (Phi) is 4.77. The Morgan fingerprint density at radius 2 is 1.77 bits per heavy atom. The van der Waals surface area contributed by atoms with Crippen LogP contribution in [0.2, 0.25) is 0 Å². The van der Waals surface area contributed by atoms with Crippen molar-refractivity contribution in [1.29, 1.82) is 0 Å². The second-order valence-corrected chi connectivity index (χ2v) is 7.31. The second kappa shape index (κ2) is 7.72. The molecular weight excluding hydrogens is 381 g/mol. The first kappa shape index (κ1) is 18.5. The first-order valence-corrected chi connectivity index (χ1v) is 9.88. The van der Waals surface area contributed by atoms with Crippen LogP contribution in [0.5, 0.6) is 0 Å². The molecular formula is C24H20FN3O2. The van der Waals surface area contributed by atoms with Gasteiger partial charge < -0.3 is 9.64 Å². The quantitative estimate of drug-likeness (QED) is 0.512. The largest absolute Gasteiger partial charge is 0.370 e. The Labute approximate surface area is 173 Å². The Bertz CT molecular complexity index is 1190. The SMILES string of the molecule is O=C(c1ccc(-n2cnc3ccccc32)cc1)N1CCOC(c2ccc(F)cc2)C1. The molecule has 0 aliphatic carbocycles. The van der Waals surface area contributed by atoms with Gasteiger partial charge >= 0.3 is 0 Å². The number of ether oxygens (including phenoxy) is 1. The minimum Gasteiger partial charge on any atom is -0.370 e. The lowest BCUT2D eigenvalue weighted by Crippen LogP contribution is -2.42. The van der Waals surface area contributed by atoms with Gasteiger partial charge in [0.1, 0.15) is 18.2 Å². The van der Waals surface area contributed by atoms with Gasteiger partial charge in [-0.05, 0) is 54.1 Å². The number of imidazole rings is 1. The van der Waals surface area contributed by atoms with Crippen LogP contribution < -0.4 is 0 Å². The van der Waals surface area contributed by atoms with Gasteiger partial charge in [-0.1, -0.05) is 24.3 Å². The summed E-state index contributed by atoms with van der Waals surface area (Å²) in [5.74, 6) is -0.319. The average molecular weight is 401 g/mol. The van der Waals surface area contributed by atoms with E-state index in [2.05, 4.69) is 4.98 Å². The zero-order valence-corrected chi connectivity index (χ0v) is 16.2. The summed E-state index contributed by atoms with van der Waals surface area (Å²) in [4.78, 5) is 19.2. The van der Waals surface area contributed by atoms with Gasteiger partial charge in [0.25, 0.3) is 5.91 Å². The van der Waals surface area contributed by atoms with E-state index in [1.54, 1.807) is 23.4 Å². The van der Waals surface area contributed by atoms with E-state index >= 15 is 0 Å². The second-order valence-electron chi connectivity index (χ2n) is 7.31. The van der Waals surface area contributed by atoms with Crippen LogP contribution >= 0.6 is 0 Å². The van der Waals surface area contributed by atoms with E-state index in [4.69, 9.17) is 4.74 Å². The number of para-hydroxylation sites is 2. The Hall–Kier alpha value is -3.51. The van der Waals surface area contributed by atoms with Crippen LogP contribution in [0, 0.1) is 5.82 Å². The fourth-order valence-corrected chi connectivity index (χ4v) is 3.82. The first-order valence-electron chi connectivity index (χ1n) is 9.88. The Balaban J connectivity index is 1.34. The number of carbonyl (C=O) groups excluding carboxylic acids is 1. The molecule has 1 fully saturated rings. The van der Waals surface area contributed by atoms with Crippen LogP contribution in [0.1, 0.15) is 22.0 Å². The van der Waals surface area contributed by atoms with Gasteiger partial charge in [0, 0.05) is 17.8 Å². The maximum Gasteiger partial charge on any atom is 0.254 e. The smallest absolute Gasteiger partial charge is 0.254 e. The van der Waals surface area contributed by atoms with Gasteiger partial charge in [-0.3, -0.25) is 9.36 Å². The molecule has 1 aromatic heterocycles. The lowest BCUT2D eigenvalue weighted by atomic mass is 10.1. The van der Waals surface area contributed by atoms with Crippen molar-refractivity contribution < 1.29 is 13.9 Å². The summed E-state index contributed by atoms with van der Waals surface area (Å²) in [6, 6.07) is 21.7. The molecule has 30 heavy (non-hydrogen) atoms. The van der Waals surface area contributed by atoms with Crippen molar-refractivity contribution in [3.8, 4) is 5.69 Å². The van der Waals surface area contributed by atoms with Crippen LogP contribution in [0.4, 0.5) is 4.39 Å². The van der Waals surface area contributed by atoms with Crippen LogP contribution in [0.3, 0.4) is 0 Å². The first-order chi connectivity index (χ1) is 14.7. The fourth-order valence-electron chi connectivity index (χ4n) is 3.82. The van der Waals surface area contributed by atoms with Crippen LogP contribution in [-0.4, -0.2) is 40.1 Å². The molecule has 6 heteroatoms. The molecule has 0 saturated carbocycles. The Morgan fingerprint density at radius 3 is 2.57 bits per heavy atom.